The maximum absolute atomic E-state index is 12.3. The van der Waals surface area contributed by atoms with Crippen LogP contribution in [-0.4, -0.2) is 33.3 Å². The van der Waals surface area contributed by atoms with E-state index in [1.165, 1.54) is 0 Å². The summed E-state index contributed by atoms with van der Waals surface area (Å²) in [5.41, 5.74) is 1.60. The van der Waals surface area contributed by atoms with Gasteiger partial charge >= 0.3 is 0 Å². The van der Waals surface area contributed by atoms with Crippen LogP contribution in [0.15, 0.2) is 30.6 Å². The predicted molar refractivity (Wildman–Crippen MR) is 87.0 cm³/mol. The molecule has 1 heterocycles. The Kier molecular flexibility index (Phi) is 5.14. The van der Waals surface area contributed by atoms with Crippen LogP contribution in [-0.2, 0) is 7.05 Å². The lowest BCUT2D eigenvalue weighted by atomic mass is 10.1. The molecule has 2 aromatic rings. The van der Waals surface area contributed by atoms with E-state index in [9.17, 15) is 4.79 Å². The van der Waals surface area contributed by atoms with Gasteiger partial charge in [0.25, 0.3) is 5.91 Å². The van der Waals surface area contributed by atoms with Gasteiger partial charge in [-0.15, -0.1) is 10.2 Å². The SMILES string of the molecule is CC(C)Nc1cccc(C(=O)NCC(C)c2nncn2C)c1. The van der Waals surface area contributed by atoms with Crippen LogP contribution in [0.3, 0.4) is 0 Å². The number of aromatic nitrogens is 3. The van der Waals surface area contributed by atoms with Crippen molar-refractivity contribution in [1.29, 1.82) is 0 Å². The third-order valence-corrected chi connectivity index (χ3v) is 3.34. The normalized spacial score (nSPS) is 12.2. The number of rotatable bonds is 6. The zero-order valence-corrected chi connectivity index (χ0v) is 13.5. The van der Waals surface area contributed by atoms with Gasteiger partial charge in [-0.2, -0.15) is 0 Å². The van der Waals surface area contributed by atoms with Crippen molar-refractivity contribution < 1.29 is 4.79 Å². The molecule has 22 heavy (non-hydrogen) atoms. The molecular formula is C16H23N5O. The molecule has 118 valence electrons. The third-order valence-electron chi connectivity index (χ3n) is 3.34. The highest BCUT2D eigenvalue weighted by Gasteiger charge is 2.13. The summed E-state index contributed by atoms with van der Waals surface area (Å²) in [5.74, 6) is 0.880. The van der Waals surface area contributed by atoms with Crippen LogP contribution in [0.1, 0.15) is 42.9 Å². The van der Waals surface area contributed by atoms with Gasteiger partial charge in [-0.1, -0.05) is 13.0 Å². The molecule has 1 unspecified atom stereocenters. The molecule has 2 rings (SSSR count). The number of hydrogen-bond acceptors (Lipinski definition) is 4. The van der Waals surface area contributed by atoms with Crippen molar-refractivity contribution in [2.75, 3.05) is 11.9 Å². The third kappa shape index (κ3) is 4.07. The first kappa shape index (κ1) is 16.0. The summed E-state index contributed by atoms with van der Waals surface area (Å²) in [5, 5.41) is 14.2. The van der Waals surface area contributed by atoms with E-state index in [0.717, 1.165) is 11.5 Å². The molecule has 0 spiro atoms. The van der Waals surface area contributed by atoms with E-state index in [1.807, 2.05) is 42.8 Å². The second-order valence-electron chi connectivity index (χ2n) is 5.79. The average molecular weight is 301 g/mol. The fourth-order valence-electron chi connectivity index (χ4n) is 2.26. The molecular weight excluding hydrogens is 278 g/mol. The summed E-state index contributed by atoms with van der Waals surface area (Å²) >= 11 is 0. The standard InChI is InChI=1S/C16H23N5O/c1-11(2)19-14-7-5-6-13(8-14)16(22)17-9-12(3)15-20-18-10-21(15)4/h5-8,10-12,19H,9H2,1-4H3,(H,17,22). The Bertz CT molecular complexity index is 635. The molecule has 0 saturated heterocycles. The summed E-state index contributed by atoms with van der Waals surface area (Å²) in [7, 11) is 1.90. The van der Waals surface area contributed by atoms with Gasteiger partial charge in [-0.3, -0.25) is 4.79 Å². The molecule has 2 N–H and O–H groups in total. The zero-order valence-electron chi connectivity index (χ0n) is 13.5. The number of anilines is 1. The largest absolute Gasteiger partial charge is 0.383 e. The van der Waals surface area contributed by atoms with Gasteiger partial charge in [0.05, 0.1) is 0 Å². The van der Waals surface area contributed by atoms with Crippen LogP contribution < -0.4 is 10.6 Å². The van der Waals surface area contributed by atoms with Gasteiger partial charge in [0.1, 0.15) is 12.2 Å². The predicted octanol–water partition coefficient (Wildman–Crippen LogP) is 2.17. The zero-order chi connectivity index (χ0) is 16.1. The van der Waals surface area contributed by atoms with Crippen LogP contribution in [0.4, 0.5) is 5.69 Å². The van der Waals surface area contributed by atoms with Gasteiger partial charge in [0.2, 0.25) is 0 Å². The van der Waals surface area contributed by atoms with E-state index in [2.05, 4.69) is 34.7 Å². The second-order valence-corrected chi connectivity index (χ2v) is 5.79. The van der Waals surface area contributed by atoms with Crippen LogP contribution in [0, 0.1) is 0 Å². The van der Waals surface area contributed by atoms with E-state index in [0.29, 0.717) is 18.2 Å². The molecule has 0 aliphatic rings. The lowest BCUT2D eigenvalue weighted by molar-refractivity contribution is 0.0951. The van der Waals surface area contributed by atoms with Crippen molar-refractivity contribution in [3.05, 3.63) is 42.0 Å². The fraction of sp³-hybridized carbons (Fsp3) is 0.438. The Morgan fingerprint density at radius 3 is 2.73 bits per heavy atom. The smallest absolute Gasteiger partial charge is 0.251 e. The summed E-state index contributed by atoms with van der Waals surface area (Å²) in [6, 6.07) is 7.84. The van der Waals surface area contributed by atoms with E-state index in [-0.39, 0.29) is 11.8 Å². The van der Waals surface area contributed by atoms with E-state index >= 15 is 0 Å². The molecule has 6 heteroatoms. The van der Waals surface area contributed by atoms with Gasteiger partial charge in [-0.25, -0.2) is 0 Å². The minimum absolute atomic E-state index is 0.0820. The molecule has 1 amide bonds. The molecule has 1 aromatic heterocycles. The Morgan fingerprint density at radius 2 is 2.09 bits per heavy atom. The summed E-state index contributed by atoms with van der Waals surface area (Å²) in [6.07, 6.45) is 1.66. The Morgan fingerprint density at radius 1 is 1.32 bits per heavy atom. The lowest BCUT2D eigenvalue weighted by Crippen LogP contribution is -2.28. The molecule has 0 radical (unpaired) electrons. The summed E-state index contributed by atoms with van der Waals surface area (Å²) in [4.78, 5) is 12.3. The minimum atomic E-state index is -0.0820. The first-order valence-electron chi connectivity index (χ1n) is 7.46. The van der Waals surface area contributed by atoms with E-state index in [1.54, 1.807) is 6.33 Å². The molecule has 0 fully saturated rings. The number of carbonyl (C=O) groups excluding carboxylic acids is 1. The van der Waals surface area contributed by atoms with Gasteiger partial charge in [-0.05, 0) is 32.0 Å². The summed E-state index contributed by atoms with van der Waals surface area (Å²) < 4.78 is 1.87. The van der Waals surface area contributed by atoms with Crippen molar-refractivity contribution in [3.8, 4) is 0 Å². The Hall–Kier alpha value is -2.37. The molecule has 1 aromatic carbocycles. The molecule has 0 bridgehead atoms. The second kappa shape index (κ2) is 7.06. The van der Waals surface area contributed by atoms with Crippen molar-refractivity contribution in [2.45, 2.75) is 32.7 Å². The molecule has 0 aliphatic heterocycles. The number of amides is 1. The number of nitrogens with one attached hydrogen (secondary N) is 2. The quantitative estimate of drug-likeness (QED) is 0.858. The van der Waals surface area contributed by atoms with Gasteiger partial charge in [0.15, 0.2) is 0 Å². The minimum Gasteiger partial charge on any atom is -0.383 e. The van der Waals surface area contributed by atoms with E-state index < -0.39 is 0 Å². The van der Waals surface area contributed by atoms with Gasteiger partial charge in [0, 0.05) is 36.8 Å². The first-order chi connectivity index (χ1) is 10.5. The summed E-state index contributed by atoms with van der Waals surface area (Å²) in [6.45, 7) is 6.67. The fourth-order valence-corrected chi connectivity index (χ4v) is 2.26. The van der Waals surface area contributed by atoms with Gasteiger partial charge < -0.3 is 15.2 Å². The maximum atomic E-state index is 12.3. The lowest BCUT2D eigenvalue weighted by Gasteiger charge is -2.13. The highest BCUT2D eigenvalue weighted by Crippen LogP contribution is 2.13. The Labute approximate surface area is 130 Å². The molecule has 1 atom stereocenters. The number of hydrogen-bond donors (Lipinski definition) is 2. The maximum Gasteiger partial charge on any atom is 0.251 e. The van der Waals surface area contributed by atoms with Crippen LogP contribution in [0.25, 0.3) is 0 Å². The number of carbonyl (C=O) groups is 1. The van der Waals surface area contributed by atoms with Crippen LogP contribution in [0.5, 0.6) is 0 Å². The monoisotopic (exact) mass is 301 g/mol. The van der Waals surface area contributed by atoms with Crippen molar-refractivity contribution in [3.63, 3.8) is 0 Å². The van der Waals surface area contributed by atoms with Crippen LogP contribution in [0.2, 0.25) is 0 Å². The van der Waals surface area contributed by atoms with Crippen molar-refractivity contribution in [2.24, 2.45) is 7.05 Å². The molecule has 6 nitrogen and oxygen atoms in total. The van der Waals surface area contributed by atoms with Crippen molar-refractivity contribution in [1.82, 2.24) is 20.1 Å². The highest BCUT2D eigenvalue weighted by atomic mass is 16.1. The number of nitrogens with zero attached hydrogens (tertiary/aromatic N) is 3. The van der Waals surface area contributed by atoms with Crippen molar-refractivity contribution >= 4 is 11.6 Å². The average Bonchev–Trinajstić information content (AvgIpc) is 2.90. The van der Waals surface area contributed by atoms with E-state index in [4.69, 9.17) is 0 Å². The number of aryl methyl sites for hydroxylation is 1. The molecule has 0 saturated carbocycles. The molecule has 0 aliphatic carbocycles. The Balaban J connectivity index is 1.96. The van der Waals surface area contributed by atoms with Crippen LogP contribution >= 0.6 is 0 Å². The first-order valence-corrected chi connectivity index (χ1v) is 7.46. The number of benzene rings is 1. The topological polar surface area (TPSA) is 71.8 Å². The highest BCUT2D eigenvalue weighted by molar-refractivity contribution is 5.95.